The Kier molecular flexibility index (Phi) is 8.90. The first-order valence-corrected chi connectivity index (χ1v) is 23.7. The summed E-state index contributed by atoms with van der Waals surface area (Å²) in [5.41, 5.74) is 15.6. The minimum atomic E-state index is 0.859. The Bertz CT molecular complexity index is 4240. The molecule has 0 aliphatic carbocycles. The van der Waals surface area contributed by atoms with Crippen LogP contribution in [0.1, 0.15) is 0 Å². The van der Waals surface area contributed by atoms with Crippen molar-refractivity contribution in [3.8, 4) is 39.1 Å². The van der Waals surface area contributed by atoms with Crippen LogP contribution in [0.15, 0.2) is 259 Å². The molecule has 0 spiro atoms. The number of furan rings is 1. The van der Waals surface area contributed by atoms with Crippen LogP contribution in [0.25, 0.3) is 115 Å². The zero-order valence-electron chi connectivity index (χ0n) is 37.6. The summed E-state index contributed by atoms with van der Waals surface area (Å²) in [5.74, 6) is 0. The van der Waals surface area contributed by atoms with E-state index in [1.165, 1.54) is 60.0 Å². The van der Waals surface area contributed by atoms with E-state index in [1.54, 1.807) is 0 Å². The summed E-state index contributed by atoms with van der Waals surface area (Å²) in [4.78, 5) is 2.38. The van der Waals surface area contributed by atoms with Crippen molar-refractivity contribution >= 4 is 93.1 Å². The maximum atomic E-state index is 6.74. The van der Waals surface area contributed by atoms with Crippen molar-refractivity contribution < 1.29 is 4.42 Å². The standard InChI is InChI=1S/C66H42N2O/c1-4-18-54-46(13-1)35-40-59-65-63(25-12-26-64(65)69-66(54)59)67(51-38-33-45(34-39-51)48-15-11-16-52(41-48)68-61-23-9-7-21-57(61)58-22-8-10-24-62(58)68)50-36-31-44(32-37-50)43-27-29-47(30-28-43)60-42-49-14-2-3-17-53(49)55-19-5-6-20-56(55)60/h1-42H. The molecule has 0 saturated carbocycles. The van der Waals surface area contributed by atoms with E-state index in [0.29, 0.717) is 0 Å². The van der Waals surface area contributed by atoms with Crippen molar-refractivity contribution in [1.82, 2.24) is 4.57 Å². The molecule has 12 aromatic carbocycles. The first-order chi connectivity index (χ1) is 34.2. The van der Waals surface area contributed by atoms with Crippen LogP contribution in [0.3, 0.4) is 0 Å². The third kappa shape index (κ3) is 6.36. The minimum absolute atomic E-state index is 0.859. The van der Waals surface area contributed by atoms with Crippen LogP contribution in [0.5, 0.6) is 0 Å². The first kappa shape index (κ1) is 39.0. The number of aromatic nitrogens is 1. The number of hydrogen-bond acceptors (Lipinski definition) is 2. The second-order valence-electron chi connectivity index (χ2n) is 18.0. The number of nitrogens with zero attached hydrogens (tertiary/aromatic N) is 2. The molecular weight excluding hydrogens is 837 g/mol. The van der Waals surface area contributed by atoms with Crippen LogP contribution in [0, 0.1) is 0 Å². The van der Waals surface area contributed by atoms with Crippen molar-refractivity contribution in [2.75, 3.05) is 4.90 Å². The lowest BCUT2D eigenvalue weighted by atomic mass is 9.92. The van der Waals surface area contributed by atoms with Gasteiger partial charge >= 0.3 is 0 Å². The predicted octanol–water partition coefficient (Wildman–Crippen LogP) is 18.6. The van der Waals surface area contributed by atoms with Gasteiger partial charge in [0.25, 0.3) is 0 Å². The molecule has 0 atom stereocenters. The van der Waals surface area contributed by atoms with E-state index in [2.05, 4.69) is 264 Å². The average Bonchev–Trinajstić information content (AvgIpc) is 3.98. The third-order valence-corrected chi connectivity index (χ3v) is 14.2. The highest BCUT2D eigenvalue weighted by molar-refractivity contribution is 6.20. The van der Waals surface area contributed by atoms with Crippen LogP contribution in [-0.4, -0.2) is 4.57 Å². The van der Waals surface area contributed by atoms with Gasteiger partial charge in [-0.1, -0.05) is 182 Å². The molecule has 0 radical (unpaired) electrons. The van der Waals surface area contributed by atoms with Crippen LogP contribution in [-0.2, 0) is 0 Å². The van der Waals surface area contributed by atoms with Gasteiger partial charge in [-0.05, 0) is 133 Å². The van der Waals surface area contributed by atoms with Gasteiger partial charge in [-0.15, -0.1) is 0 Å². The van der Waals surface area contributed by atoms with Crippen molar-refractivity contribution in [3.05, 3.63) is 255 Å². The topological polar surface area (TPSA) is 21.3 Å². The molecule has 0 bridgehead atoms. The Morgan fingerprint density at radius 1 is 0.319 bits per heavy atom. The predicted molar refractivity (Wildman–Crippen MR) is 292 cm³/mol. The van der Waals surface area contributed by atoms with Crippen molar-refractivity contribution in [1.29, 1.82) is 0 Å². The SMILES string of the molecule is c1cc(-c2ccc(N(c3ccc(-c4ccc(-c5cc6ccccc6c6ccccc56)cc4)cc3)c3cccc4oc5c6ccccc6ccc5c34)cc2)cc(-n2c3ccccc3c3ccccc32)c1. The summed E-state index contributed by atoms with van der Waals surface area (Å²) in [6, 6.07) is 92.4. The first-order valence-electron chi connectivity index (χ1n) is 23.7. The largest absolute Gasteiger partial charge is 0.455 e. The molecule has 69 heavy (non-hydrogen) atoms. The van der Waals surface area contributed by atoms with Crippen LogP contribution in [0.2, 0.25) is 0 Å². The number of benzene rings is 12. The smallest absolute Gasteiger partial charge is 0.143 e. The number of hydrogen-bond donors (Lipinski definition) is 0. The fourth-order valence-corrected chi connectivity index (χ4v) is 10.9. The van der Waals surface area contributed by atoms with Gasteiger partial charge < -0.3 is 13.9 Å². The van der Waals surface area contributed by atoms with Gasteiger partial charge in [0.15, 0.2) is 0 Å². The van der Waals surface area contributed by atoms with Crippen LogP contribution >= 0.6 is 0 Å². The highest BCUT2D eigenvalue weighted by Crippen LogP contribution is 2.45. The summed E-state index contributed by atoms with van der Waals surface area (Å²) in [6.07, 6.45) is 0. The Hall–Kier alpha value is -9.18. The zero-order valence-corrected chi connectivity index (χ0v) is 37.6. The Labute approximate surface area is 399 Å². The molecule has 3 heteroatoms. The molecule has 0 aliphatic heterocycles. The Morgan fingerprint density at radius 3 is 1.55 bits per heavy atom. The lowest BCUT2D eigenvalue weighted by molar-refractivity contribution is 0.672. The molecule has 2 aromatic heterocycles. The second-order valence-corrected chi connectivity index (χ2v) is 18.0. The van der Waals surface area contributed by atoms with Crippen LogP contribution < -0.4 is 4.90 Å². The van der Waals surface area contributed by atoms with E-state index in [0.717, 1.165) is 72.2 Å². The summed E-state index contributed by atoms with van der Waals surface area (Å²) >= 11 is 0. The Balaban J connectivity index is 0.861. The van der Waals surface area contributed by atoms with Gasteiger partial charge in [0.1, 0.15) is 11.2 Å². The van der Waals surface area contributed by atoms with Crippen molar-refractivity contribution in [3.63, 3.8) is 0 Å². The fourth-order valence-electron chi connectivity index (χ4n) is 10.9. The summed E-state index contributed by atoms with van der Waals surface area (Å²) in [5, 5.41) is 12.1. The summed E-state index contributed by atoms with van der Waals surface area (Å²) in [7, 11) is 0. The third-order valence-electron chi connectivity index (χ3n) is 14.2. The van der Waals surface area contributed by atoms with E-state index in [4.69, 9.17) is 4.42 Å². The highest BCUT2D eigenvalue weighted by atomic mass is 16.3. The van der Waals surface area contributed by atoms with E-state index in [9.17, 15) is 0 Å². The molecule has 0 fully saturated rings. The number of fused-ring (bicyclic) bond motifs is 11. The Morgan fingerprint density at radius 2 is 0.855 bits per heavy atom. The maximum Gasteiger partial charge on any atom is 0.143 e. The molecule has 14 aromatic rings. The normalized spacial score (nSPS) is 11.8. The molecular formula is C66H42N2O. The number of rotatable bonds is 7. The maximum absolute atomic E-state index is 6.74. The van der Waals surface area contributed by atoms with Gasteiger partial charge in [-0.3, -0.25) is 0 Å². The molecule has 3 nitrogen and oxygen atoms in total. The lowest BCUT2D eigenvalue weighted by Crippen LogP contribution is -2.10. The summed E-state index contributed by atoms with van der Waals surface area (Å²) in [6.45, 7) is 0. The molecule has 0 saturated heterocycles. The number of para-hydroxylation sites is 2. The van der Waals surface area contributed by atoms with E-state index in [-0.39, 0.29) is 0 Å². The quantitative estimate of drug-likeness (QED) is 0.149. The van der Waals surface area contributed by atoms with Gasteiger partial charge in [-0.2, -0.15) is 0 Å². The minimum Gasteiger partial charge on any atom is -0.455 e. The van der Waals surface area contributed by atoms with E-state index < -0.39 is 0 Å². The second kappa shape index (κ2) is 15.7. The van der Waals surface area contributed by atoms with Gasteiger partial charge in [0.2, 0.25) is 0 Å². The number of anilines is 3. The lowest BCUT2D eigenvalue weighted by Gasteiger charge is -2.26. The molecule has 322 valence electrons. The zero-order chi connectivity index (χ0) is 45.4. The van der Waals surface area contributed by atoms with E-state index >= 15 is 0 Å². The molecule has 0 aliphatic rings. The van der Waals surface area contributed by atoms with E-state index in [1.807, 2.05) is 0 Å². The van der Waals surface area contributed by atoms with Crippen molar-refractivity contribution in [2.45, 2.75) is 0 Å². The highest BCUT2D eigenvalue weighted by Gasteiger charge is 2.21. The molecule has 0 amide bonds. The van der Waals surface area contributed by atoms with Crippen LogP contribution in [0.4, 0.5) is 17.1 Å². The summed E-state index contributed by atoms with van der Waals surface area (Å²) < 4.78 is 9.12. The molecule has 14 rings (SSSR count). The van der Waals surface area contributed by atoms with Gasteiger partial charge in [-0.25, -0.2) is 0 Å². The van der Waals surface area contributed by atoms with Gasteiger partial charge in [0, 0.05) is 38.6 Å². The molecule has 0 N–H and O–H groups in total. The van der Waals surface area contributed by atoms with Gasteiger partial charge in [0.05, 0.1) is 22.1 Å². The average molecular weight is 879 g/mol. The fraction of sp³-hybridized carbons (Fsp3) is 0. The van der Waals surface area contributed by atoms with Crippen molar-refractivity contribution in [2.24, 2.45) is 0 Å². The molecule has 0 unspecified atom stereocenters. The molecule has 2 heterocycles. The monoisotopic (exact) mass is 878 g/mol.